The molecule has 2 aromatic carbocycles. The van der Waals surface area contributed by atoms with Gasteiger partial charge in [-0.2, -0.15) is 28.1 Å². The van der Waals surface area contributed by atoms with Crippen molar-refractivity contribution in [3.8, 4) is 12.1 Å². The van der Waals surface area contributed by atoms with Crippen LogP contribution in [-0.2, 0) is 47.7 Å². The lowest BCUT2D eigenvalue weighted by Crippen LogP contribution is -2.46. The van der Waals surface area contributed by atoms with Crippen molar-refractivity contribution in [1.29, 1.82) is 10.5 Å². The number of carbonyl (C=O) groups is 6. The molecule has 4 atom stereocenters. The topological polar surface area (TPSA) is 380 Å². The number of hydrogen-bond donors (Lipinski definition) is 8. The molecule has 0 heterocycles. The molecule has 2 aromatic rings. The Morgan fingerprint density at radius 1 is 0.624 bits per heavy atom. The lowest BCUT2D eigenvalue weighted by atomic mass is 9.68. The second kappa shape index (κ2) is 52.7. The van der Waals surface area contributed by atoms with Gasteiger partial charge in [-0.15, -0.1) is 0 Å². The molecule has 2 amide bonds. The van der Waals surface area contributed by atoms with Crippen LogP contribution in [0.4, 0.5) is 35.1 Å². The molecule has 12 N–H and O–H groups in total. The number of aliphatic imine (C=N–C) groups is 2. The minimum Gasteiger partial charge on any atom is -0.458 e. The lowest BCUT2D eigenvalue weighted by molar-refractivity contribution is -0.179. The standard InChI is InChI=1S/C33H47F4N5O6S2.C19H25NO3S2.C8H16N4O.C7H8F4O2/c1-31(21-38,13-12-24(44)11-6-17-47-18-8-16-43)20-32(2,29(46)41-14-7-15-42-30(39)40)19-25(26(45)48-22-33(36,37)28(34)35)50-27(49)23-9-4-3-5-10-23;1-19(15-20,25-18(24)16-7-3-2-4-8-16)11-10-17(22)9-5-13-23-14-6-12-21;1-6(2)7(13)11-4-3-5-12-8(9)10;1-4(2)5(12)13-3-7(10,11)6(8)9/h3-5,9-10,25,28,43H,6-8,11-20,22H2,1-2H3,(H,41,46)(H4,39,40,42);2-4,7-8,21H,5-6,9-14H2,1H3;1,3-5H2,2H3,(H,11,13)(H4,9,10,12);6H,1,3H2,2H3. The van der Waals surface area contributed by atoms with E-state index in [9.17, 15) is 74.4 Å². The number of benzene rings is 2. The molecule has 566 valence electrons. The van der Waals surface area contributed by atoms with Crippen molar-refractivity contribution in [2.45, 2.75) is 159 Å². The molecule has 0 aliphatic rings. The summed E-state index contributed by atoms with van der Waals surface area (Å²) < 4.78 is 120. The average Bonchev–Trinajstić information content (AvgIpc) is 0.802. The summed E-state index contributed by atoms with van der Waals surface area (Å²) in [4.78, 5) is 80.9. The van der Waals surface area contributed by atoms with Gasteiger partial charge in [0.1, 0.15) is 21.6 Å². The summed E-state index contributed by atoms with van der Waals surface area (Å²) >= 11 is 13.0. The first-order valence-electron chi connectivity index (χ1n) is 31.7. The molecule has 0 radical (unpaired) electrons. The lowest BCUT2D eigenvalue weighted by Gasteiger charge is -2.36. The van der Waals surface area contributed by atoms with Crippen LogP contribution in [-0.4, -0.2) is 180 Å². The minimum atomic E-state index is -4.61. The second-order valence-corrected chi connectivity index (χ2v) is 27.4. The van der Waals surface area contributed by atoms with Crippen LogP contribution in [0.25, 0.3) is 0 Å². The Hall–Kier alpha value is -7.18. The van der Waals surface area contributed by atoms with E-state index >= 15 is 0 Å². The number of esters is 2. The van der Waals surface area contributed by atoms with Gasteiger partial charge in [0, 0.05) is 108 Å². The fourth-order valence-electron chi connectivity index (χ4n) is 7.95. The number of nitrogens with one attached hydrogen (secondary N) is 2. The number of hydrogen-bond acceptors (Lipinski definition) is 20. The molecule has 2 rings (SSSR count). The molecule has 4 unspecified atom stereocenters. The molecule has 0 fully saturated rings. The third-order valence-electron chi connectivity index (χ3n) is 13.5. The SMILES string of the molecule is C=C(C)C(=O)NCCCN=C(N)N.C=C(C)C(=O)OCC(F)(F)C(F)F.CC(C#N)(CCC(=O)CCCOCCCO)CC(C)(CC(SC(=S)c1ccccc1)C(=O)OCC(F)(F)C(F)F)C(=O)NCCCN=C(N)N.CC(C#N)(CCC(=O)CCCOCCCO)SC(=S)c1ccccc1. The van der Waals surface area contributed by atoms with Crippen molar-refractivity contribution in [3.63, 3.8) is 0 Å². The molecule has 0 bridgehead atoms. The number of Topliss-reactive ketones (excluding diaryl/α,β-unsaturated/α-hetero) is 2. The van der Waals surface area contributed by atoms with Gasteiger partial charge >= 0.3 is 36.6 Å². The van der Waals surface area contributed by atoms with Gasteiger partial charge in [-0.25, -0.2) is 22.4 Å². The van der Waals surface area contributed by atoms with Crippen molar-refractivity contribution in [2.75, 3.05) is 79.0 Å². The highest BCUT2D eigenvalue weighted by molar-refractivity contribution is 8.25. The van der Waals surface area contributed by atoms with Gasteiger partial charge in [-0.3, -0.25) is 34.0 Å². The number of aliphatic hydroxyl groups excluding tert-OH is 2. The molecule has 22 nitrogen and oxygen atoms in total. The molecule has 101 heavy (non-hydrogen) atoms. The molecule has 0 spiro atoms. The highest BCUT2D eigenvalue weighted by atomic mass is 32.2. The van der Waals surface area contributed by atoms with Crippen molar-refractivity contribution in [3.05, 3.63) is 96.1 Å². The summed E-state index contributed by atoms with van der Waals surface area (Å²) in [6.45, 7) is 14.1. The number of thiocarbonyl (C=S) groups is 2. The first-order chi connectivity index (χ1) is 47.3. The van der Waals surface area contributed by atoms with E-state index in [0.717, 1.165) is 23.7 Å². The van der Waals surface area contributed by atoms with Crippen LogP contribution in [0.2, 0.25) is 0 Å². The summed E-state index contributed by atoms with van der Waals surface area (Å²) in [5.41, 5.74) is 19.9. The van der Waals surface area contributed by atoms with E-state index < -0.39 is 76.6 Å². The smallest absolute Gasteiger partial charge is 0.340 e. The highest BCUT2D eigenvalue weighted by Crippen LogP contribution is 2.43. The van der Waals surface area contributed by atoms with E-state index in [4.69, 9.17) is 67.1 Å². The zero-order valence-corrected chi connectivity index (χ0v) is 60.8. The molecule has 0 saturated heterocycles. The van der Waals surface area contributed by atoms with Gasteiger partial charge in [0.2, 0.25) is 11.8 Å². The van der Waals surface area contributed by atoms with E-state index in [2.05, 4.69) is 55.4 Å². The Morgan fingerprint density at radius 3 is 1.48 bits per heavy atom. The highest BCUT2D eigenvalue weighted by Gasteiger charge is 2.47. The van der Waals surface area contributed by atoms with Gasteiger partial charge in [0.25, 0.3) is 0 Å². The minimum absolute atomic E-state index is 0.00442. The van der Waals surface area contributed by atoms with Crippen LogP contribution in [0, 0.1) is 33.5 Å². The molecular weight excluding hydrogens is 1420 g/mol. The van der Waals surface area contributed by atoms with Gasteiger partial charge in [-0.05, 0) is 103 Å². The van der Waals surface area contributed by atoms with Crippen molar-refractivity contribution >= 4 is 104 Å². The Labute approximate surface area is 605 Å². The maximum absolute atomic E-state index is 13.8. The zero-order chi connectivity index (χ0) is 77.3. The number of carbonyl (C=O) groups excluding carboxylic acids is 6. The number of thioether (sulfide) groups is 2. The number of aliphatic hydroxyl groups is 2. The fraction of sp³-hybridized carbons (Fsp3) is 0.582. The number of nitriles is 2. The summed E-state index contributed by atoms with van der Waals surface area (Å²) in [6, 6.07) is 22.5. The normalized spacial score (nSPS) is 13.0. The number of guanidine groups is 2. The van der Waals surface area contributed by atoms with Crippen molar-refractivity contribution < 1.29 is 93.1 Å². The van der Waals surface area contributed by atoms with Gasteiger partial charge in [0.15, 0.2) is 25.1 Å². The molecule has 0 aliphatic carbocycles. The van der Waals surface area contributed by atoms with E-state index in [-0.39, 0.29) is 97.6 Å². The maximum atomic E-state index is 13.8. The second-order valence-electron chi connectivity index (χ2n) is 23.3. The number of nitrogens with two attached hydrogens (primary N) is 4. The number of amides is 2. The van der Waals surface area contributed by atoms with Gasteiger partial charge in [0.05, 0.1) is 25.9 Å². The third-order valence-corrected chi connectivity index (χ3v) is 16.8. The van der Waals surface area contributed by atoms with E-state index in [1.54, 1.807) is 44.2 Å². The Balaban J connectivity index is 0. The molecule has 34 heteroatoms. The number of ether oxygens (including phenoxy) is 4. The summed E-state index contributed by atoms with van der Waals surface area (Å²) in [5.74, 6) is -12.1. The van der Waals surface area contributed by atoms with Crippen LogP contribution in [0.5, 0.6) is 0 Å². The Bertz CT molecular complexity index is 3040. The zero-order valence-electron chi connectivity index (χ0n) is 57.5. The summed E-state index contributed by atoms with van der Waals surface area (Å²) in [6.07, 6.45) is -3.67. The summed E-state index contributed by atoms with van der Waals surface area (Å²) in [5, 5.41) is 41.2. The number of alkyl halides is 8. The molecular formula is C67H96F8N10O12S4. The van der Waals surface area contributed by atoms with Crippen molar-refractivity contribution in [1.82, 2.24) is 10.6 Å². The van der Waals surface area contributed by atoms with Crippen LogP contribution < -0.4 is 33.6 Å². The van der Waals surface area contributed by atoms with Crippen LogP contribution >= 0.6 is 48.0 Å². The molecule has 0 aliphatic heterocycles. The first-order valence-corrected chi connectivity index (χ1v) is 34.2. The van der Waals surface area contributed by atoms with E-state index in [0.29, 0.717) is 106 Å². The summed E-state index contributed by atoms with van der Waals surface area (Å²) in [7, 11) is 0. The molecule has 0 saturated carbocycles. The molecule has 0 aromatic heterocycles. The van der Waals surface area contributed by atoms with E-state index in [1.807, 2.05) is 37.3 Å². The predicted molar refractivity (Wildman–Crippen MR) is 382 cm³/mol. The quantitative estimate of drug-likeness (QED) is 0.00581. The average molecular weight is 1510 g/mol. The third kappa shape index (κ3) is 46.1. The van der Waals surface area contributed by atoms with Crippen LogP contribution in [0.15, 0.2) is 95.0 Å². The van der Waals surface area contributed by atoms with Crippen molar-refractivity contribution in [2.24, 2.45) is 43.7 Å². The largest absolute Gasteiger partial charge is 0.458 e. The first kappa shape index (κ1) is 95.9. The Morgan fingerprint density at radius 2 is 1.06 bits per heavy atom. The maximum Gasteiger partial charge on any atom is 0.340 e. The van der Waals surface area contributed by atoms with Crippen LogP contribution in [0.3, 0.4) is 0 Å². The van der Waals surface area contributed by atoms with Gasteiger partial charge in [-0.1, -0.05) is 129 Å². The predicted octanol–water partition coefficient (Wildman–Crippen LogP) is 9.79. The Kier molecular flexibility index (Phi) is 50.1. The van der Waals surface area contributed by atoms with E-state index in [1.165, 1.54) is 25.6 Å². The number of nitrogens with zero attached hydrogens (tertiary/aromatic N) is 4. The number of rotatable bonds is 46. The number of halogens is 8. The van der Waals surface area contributed by atoms with Crippen LogP contribution in [0.1, 0.15) is 136 Å². The monoisotopic (exact) mass is 1510 g/mol. The van der Waals surface area contributed by atoms with Gasteiger partial charge < -0.3 is 62.7 Å². The number of ketones is 2. The fourth-order valence-corrected chi connectivity index (χ4v) is 11.2.